The van der Waals surface area contributed by atoms with Crippen molar-refractivity contribution in [3.8, 4) is 12.3 Å². The fraction of sp³-hybridized carbons (Fsp3) is 0.545. The van der Waals surface area contributed by atoms with Crippen LogP contribution < -0.4 is 5.32 Å². The van der Waals surface area contributed by atoms with Crippen molar-refractivity contribution in [1.29, 1.82) is 0 Å². The molecule has 82 valence electrons. The fourth-order valence-corrected chi connectivity index (χ4v) is 2.46. The van der Waals surface area contributed by atoms with E-state index in [2.05, 4.69) is 23.1 Å². The predicted molar refractivity (Wildman–Crippen MR) is 69.4 cm³/mol. The molecule has 0 saturated heterocycles. The highest BCUT2D eigenvalue weighted by molar-refractivity contribution is 7.99. The molecule has 0 aromatic carbocycles. The summed E-state index contributed by atoms with van der Waals surface area (Å²) in [5.41, 5.74) is 0. The van der Waals surface area contributed by atoms with Gasteiger partial charge in [-0.2, -0.15) is 0 Å². The highest BCUT2D eigenvalue weighted by atomic mass is 32.2. The second-order valence-corrected chi connectivity index (χ2v) is 5.31. The molecule has 0 aliphatic rings. The Morgan fingerprint density at radius 2 is 2.53 bits per heavy atom. The van der Waals surface area contributed by atoms with E-state index in [1.807, 2.05) is 6.20 Å². The minimum absolute atomic E-state index is 0.808. The molecule has 1 N–H and O–H groups in total. The van der Waals surface area contributed by atoms with E-state index >= 15 is 0 Å². The number of rotatable bonds is 7. The topological polar surface area (TPSA) is 24.9 Å². The van der Waals surface area contributed by atoms with Gasteiger partial charge in [-0.15, -0.1) is 29.5 Å². The molecule has 0 unspecified atom stereocenters. The van der Waals surface area contributed by atoms with E-state index in [1.54, 1.807) is 23.1 Å². The maximum atomic E-state index is 5.15. The number of thioether (sulfide) groups is 1. The Morgan fingerprint density at radius 1 is 1.67 bits per heavy atom. The van der Waals surface area contributed by atoms with Crippen molar-refractivity contribution in [2.45, 2.75) is 19.9 Å². The summed E-state index contributed by atoms with van der Waals surface area (Å²) in [6, 6.07) is 0. The van der Waals surface area contributed by atoms with Crippen molar-refractivity contribution in [1.82, 2.24) is 10.3 Å². The Labute approximate surface area is 99.9 Å². The minimum Gasteiger partial charge on any atom is -0.311 e. The number of aryl methyl sites for hydroxylation is 1. The molecule has 0 spiro atoms. The lowest BCUT2D eigenvalue weighted by Gasteiger charge is -2.00. The van der Waals surface area contributed by atoms with Gasteiger partial charge in [0.15, 0.2) is 0 Å². The van der Waals surface area contributed by atoms with Crippen LogP contribution in [-0.2, 0) is 13.0 Å². The van der Waals surface area contributed by atoms with Crippen LogP contribution in [0.5, 0.6) is 0 Å². The molecule has 0 fully saturated rings. The molecule has 1 aromatic heterocycles. The second-order valence-electron chi connectivity index (χ2n) is 3.01. The highest BCUT2D eigenvalue weighted by Gasteiger charge is 1.98. The lowest BCUT2D eigenvalue weighted by molar-refractivity contribution is 0.740. The molecule has 0 atom stereocenters. The normalized spacial score (nSPS) is 10.1. The Balaban J connectivity index is 2.07. The van der Waals surface area contributed by atoms with Crippen LogP contribution in [-0.4, -0.2) is 23.0 Å². The summed E-state index contributed by atoms with van der Waals surface area (Å²) in [5.74, 6) is 4.50. The standard InChI is InChI=1S/C11H16N2S2/c1-3-6-14-7-5-12-8-10-9-13-11(4-2)15-10/h1,9,12H,4-8H2,2H3. The molecule has 15 heavy (non-hydrogen) atoms. The van der Waals surface area contributed by atoms with Gasteiger partial charge in [0.05, 0.1) is 10.8 Å². The molecule has 1 rings (SSSR count). The lowest BCUT2D eigenvalue weighted by atomic mass is 10.5. The zero-order chi connectivity index (χ0) is 10.9. The molecular formula is C11H16N2S2. The monoisotopic (exact) mass is 240 g/mol. The maximum Gasteiger partial charge on any atom is 0.0925 e. The summed E-state index contributed by atoms with van der Waals surface area (Å²) in [6.07, 6.45) is 8.15. The second kappa shape index (κ2) is 7.75. The van der Waals surface area contributed by atoms with Crippen LogP contribution in [0.3, 0.4) is 0 Å². The van der Waals surface area contributed by atoms with Gasteiger partial charge in [0, 0.05) is 29.9 Å². The quantitative estimate of drug-likeness (QED) is 0.584. The number of nitrogens with zero attached hydrogens (tertiary/aromatic N) is 1. The first-order valence-corrected chi connectivity index (χ1v) is 6.99. The van der Waals surface area contributed by atoms with Gasteiger partial charge in [-0.1, -0.05) is 12.8 Å². The molecule has 0 bridgehead atoms. The molecule has 1 aromatic rings. The van der Waals surface area contributed by atoms with Crippen molar-refractivity contribution < 1.29 is 0 Å². The van der Waals surface area contributed by atoms with Gasteiger partial charge in [0.25, 0.3) is 0 Å². The summed E-state index contributed by atoms with van der Waals surface area (Å²) in [7, 11) is 0. The Bertz CT molecular complexity index is 315. The first-order valence-electron chi connectivity index (χ1n) is 5.02. The average molecular weight is 240 g/mol. The van der Waals surface area contributed by atoms with Gasteiger partial charge in [-0.3, -0.25) is 0 Å². The van der Waals surface area contributed by atoms with Crippen molar-refractivity contribution in [2.75, 3.05) is 18.1 Å². The Hall–Kier alpha value is -0.500. The van der Waals surface area contributed by atoms with E-state index in [0.717, 1.165) is 31.0 Å². The van der Waals surface area contributed by atoms with Gasteiger partial charge in [0.1, 0.15) is 0 Å². The number of hydrogen-bond donors (Lipinski definition) is 1. The molecule has 2 nitrogen and oxygen atoms in total. The highest BCUT2D eigenvalue weighted by Crippen LogP contribution is 2.12. The summed E-state index contributed by atoms with van der Waals surface area (Å²) in [6.45, 7) is 4.06. The SMILES string of the molecule is C#CCSCCNCc1cnc(CC)s1. The van der Waals surface area contributed by atoms with E-state index in [1.165, 1.54) is 9.88 Å². The first kappa shape index (κ1) is 12.6. The smallest absolute Gasteiger partial charge is 0.0925 e. The van der Waals surface area contributed by atoms with Crippen LogP contribution in [0.1, 0.15) is 16.8 Å². The lowest BCUT2D eigenvalue weighted by Crippen LogP contribution is -2.15. The van der Waals surface area contributed by atoms with Gasteiger partial charge in [0.2, 0.25) is 0 Å². The van der Waals surface area contributed by atoms with Crippen LogP contribution >= 0.6 is 23.1 Å². The fourth-order valence-electron chi connectivity index (χ4n) is 1.08. The third-order valence-electron chi connectivity index (χ3n) is 1.81. The van der Waals surface area contributed by atoms with E-state index in [-0.39, 0.29) is 0 Å². The number of aromatic nitrogens is 1. The van der Waals surface area contributed by atoms with E-state index in [9.17, 15) is 0 Å². The van der Waals surface area contributed by atoms with Crippen molar-refractivity contribution >= 4 is 23.1 Å². The molecule has 0 aliphatic carbocycles. The number of terminal acetylenes is 1. The number of thiazole rings is 1. The zero-order valence-electron chi connectivity index (χ0n) is 8.95. The third-order valence-corrected chi connectivity index (χ3v) is 3.82. The van der Waals surface area contributed by atoms with Crippen LogP contribution in [0.15, 0.2) is 6.20 Å². The van der Waals surface area contributed by atoms with Crippen molar-refractivity contribution in [2.24, 2.45) is 0 Å². The van der Waals surface area contributed by atoms with Crippen LogP contribution in [0, 0.1) is 12.3 Å². The molecule has 1 heterocycles. The largest absolute Gasteiger partial charge is 0.311 e. The maximum absolute atomic E-state index is 5.15. The van der Waals surface area contributed by atoms with E-state index in [0.29, 0.717) is 0 Å². The predicted octanol–water partition coefficient (Wildman–Crippen LogP) is 2.16. The van der Waals surface area contributed by atoms with E-state index < -0.39 is 0 Å². The average Bonchev–Trinajstić information content (AvgIpc) is 2.71. The van der Waals surface area contributed by atoms with Gasteiger partial charge < -0.3 is 5.32 Å². The molecule has 0 aliphatic heterocycles. The summed E-state index contributed by atoms with van der Waals surface area (Å²) in [4.78, 5) is 5.62. The molecule has 0 amide bonds. The Morgan fingerprint density at radius 3 is 3.20 bits per heavy atom. The van der Waals surface area contributed by atoms with E-state index in [4.69, 9.17) is 6.42 Å². The number of nitrogens with one attached hydrogen (secondary N) is 1. The van der Waals surface area contributed by atoms with Crippen LogP contribution in [0.25, 0.3) is 0 Å². The molecule has 4 heteroatoms. The van der Waals surface area contributed by atoms with Crippen LogP contribution in [0.2, 0.25) is 0 Å². The third kappa shape index (κ3) is 5.22. The minimum atomic E-state index is 0.808. The van der Waals surface area contributed by atoms with Crippen molar-refractivity contribution in [3.05, 3.63) is 16.1 Å². The summed E-state index contributed by atoms with van der Waals surface area (Å²) < 4.78 is 0. The Kier molecular flexibility index (Phi) is 6.49. The van der Waals surface area contributed by atoms with Crippen LogP contribution in [0.4, 0.5) is 0 Å². The molecule has 0 radical (unpaired) electrons. The molecule has 0 saturated carbocycles. The van der Waals surface area contributed by atoms with Gasteiger partial charge in [-0.05, 0) is 6.42 Å². The van der Waals surface area contributed by atoms with Gasteiger partial charge in [-0.25, -0.2) is 4.98 Å². The molecular weight excluding hydrogens is 224 g/mol. The number of hydrogen-bond acceptors (Lipinski definition) is 4. The zero-order valence-corrected chi connectivity index (χ0v) is 10.6. The summed E-state index contributed by atoms with van der Waals surface area (Å²) >= 11 is 3.58. The van der Waals surface area contributed by atoms with Crippen molar-refractivity contribution in [3.63, 3.8) is 0 Å². The first-order chi connectivity index (χ1) is 7.36. The van der Waals surface area contributed by atoms with Gasteiger partial charge >= 0.3 is 0 Å². The summed E-state index contributed by atoms with van der Waals surface area (Å²) in [5, 5.41) is 4.60.